The van der Waals surface area contributed by atoms with Gasteiger partial charge >= 0.3 is 0 Å². The summed E-state index contributed by atoms with van der Waals surface area (Å²) in [5, 5.41) is 3.36. The highest BCUT2D eigenvalue weighted by Crippen LogP contribution is 2.24. The average Bonchev–Trinajstić information content (AvgIpc) is 2.88. The molecule has 0 aromatic carbocycles. The van der Waals surface area contributed by atoms with Crippen LogP contribution in [0.5, 0.6) is 0 Å². The van der Waals surface area contributed by atoms with Gasteiger partial charge in [0.2, 0.25) is 0 Å². The van der Waals surface area contributed by atoms with Crippen molar-refractivity contribution >= 4 is 15.5 Å². The summed E-state index contributed by atoms with van der Waals surface area (Å²) in [5.41, 5.74) is 0.889. The Bertz CT molecular complexity index is 421. The molecule has 1 aliphatic rings. The Morgan fingerprint density at radius 1 is 1.43 bits per heavy atom. The first-order valence-electron chi connectivity index (χ1n) is 4.48. The lowest BCUT2D eigenvalue weighted by atomic mass is 10.4. The third-order valence-corrected chi connectivity index (χ3v) is 3.07. The first-order valence-corrected chi connectivity index (χ1v) is 6.37. The van der Waals surface area contributed by atoms with Crippen molar-refractivity contribution in [1.29, 1.82) is 0 Å². The second kappa shape index (κ2) is 3.24. The lowest BCUT2D eigenvalue weighted by molar-refractivity contribution is 0.598. The smallest absolute Gasteiger partial charge is 0.192 e. The molecule has 1 aliphatic carbocycles. The van der Waals surface area contributed by atoms with Crippen molar-refractivity contribution in [2.24, 2.45) is 0 Å². The molecule has 76 valence electrons. The summed E-state index contributed by atoms with van der Waals surface area (Å²) in [4.78, 5) is 3.88. The lowest BCUT2D eigenvalue weighted by Crippen LogP contribution is -2.04. The van der Waals surface area contributed by atoms with Gasteiger partial charge in [-0.2, -0.15) is 0 Å². The fraction of sp³-hybridized carbons (Fsp3) is 0.444. The number of hydrogen-bond donors (Lipinski definition) is 1. The highest BCUT2D eigenvalue weighted by molar-refractivity contribution is 7.90. The summed E-state index contributed by atoms with van der Waals surface area (Å²) in [6.45, 7) is 0. The van der Waals surface area contributed by atoms with Gasteiger partial charge in [-0.3, -0.25) is 0 Å². The van der Waals surface area contributed by atoms with Crippen LogP contribution in [0.4, 0.5) is 5.69 Å². The van der Waals surface area contributed by atoms with Crippen molar-refractivity contribution in [3.05, 3.63) is 18.3 Å². The SMILES string of the molecule is CS(=O)(=O)c1ccc(NC2CC2)cn1. The van der Waals surface area contributed by atoms with Gasteiger partial charge < -0.3 is 5.32 Å². The number of aromatic nitrogens is 1. The zero-order valence-electron chi connectivity index (χ0n) is 7.90. The van der Waals surface area contributed by atoms with E-state index in [4.69, 9.17) is 0 Å². The molecule has 5 heteroatoms. The molecule has 0 aliphatic heterocycles. The first-order chi connectivity index (χ1) is 6.55. The van der Waals surface area contributed by atoms with Crippen LogP contribution >= 0.6 is 0 Å². The molecule has 1 aromatic heterocycles. The molecule has 1 fully saturated rings. The average molecular weight is 212 g/mol. The molecule has 0 radical (unpaired) electrons. The van der Waals surface area contributed by atoms with Crippen molar-refractivity contribution in [3.8, 4) is 0 Å². The largest absolute Gasteiger partial charge is 0.381 e. The van der Waals surface area contributed by atoms with E-state index >= 15 is 0 Å². The van der Waals surface area contributed by atoms with E-state index in [0.29, 0.717) is 6.04 Å². The molecule has 0 bridgehead atoms. The van der Waals surface area contributed by atoms with E-state index in [1.165, 1.54) is 18.9 Å². The molecule has 0 amide bonds. The molecule has 0 spiro atoms. The van der Waals surface area contributed by atoms with Gasteiger partial charge in [-0.15, -0.1) is 0 Å². The molecule has 0 saturated heterocycles. The van der Waals surface area contributed by atoms with Crippen LogP contribution in [0.25, 0.3) is 0 Å². The van der Waals surface area contributed by atoms with Crippen LogP contribution in [0, 0.1) is 0 Å². The van der Waals surface area contributed by atoms with Gasteiger partial charge in [0.1, 0.15) is 0 Å². The quantitative estimate of drug-likeness (QED) is 0.814. The van der Waals surface area contributed by atoms with E-state index in [1.54, 1.807) is 12.3 Å². The van der Waals surface area contributed by atoms with E-state index in [1.807, 2.05) is 0 Å². The van der Waals surface area contributed by atoms with Crippen LogP contribution in [0.15, 0.2) is 23.4 Å². The van der Waals surface area contributed by atoms with E-state index in [2.05, 4.69) is 10.3 Å². The maximum Gasteiger partial charge on any atom is 0.192 e. The van der Waals surface area contributed by atoms with E-state index in [0.717, 1.165) is 11.9 Å². The predicted octanol–water partition coefficient (Wildman–Crippen LogP) is 1.06. The number of nitrogens with one attached hydrogen (secondary N) is 1. The third-order valence-electron chi connectivity index (χ3n) is 2.06. The Hall–Kier alpha value is -1.10. The van der Waals surface area contributed by atoms with E-state index in [9.17, 15) is 8.42 Å². The Kier molecular flexibility index (Phi) is 2.19. The molecule has 2 rings (SSSR count). The predicted molar refractivity (Wildman–Crippen MR) is 54.0 cm³/mol. The van der Waals surface area contributed by atoms with Crippen LogP contribution in [-0.2, 0) is 9.84 Å². The van der Waals surface area contributed by atoms with Crippen molar-refractivity contribution in [3.63, 3.8) is 0 Å². The molecular formula is C9H12N2O2S. The normalized spacial score (nSPS) is 16.6. The summed E-state index contributed by atoms with van der Waals surface area (Å²) in [7, 11) is -3.17. The Morgan fingerprint density at radius 3 is 2.57 bits per heavy atom. The summed E-state index contributed by atoms with van der Waals surface area (Å²) in [6, 6.07) is 3.84. The van der Waals surface area contributed by atoms with Crippen LogP contribution in [0.3, 0.4) is 0 Å². The fourth-order valence-electron chi connectivity index (χ4n) is 1.15. The minimum absolute atomic E-state index is 0.124. The van der Waals surface area contributed by atoms with Crippen LogP contribution in [-0.4, -0.2) is 25.7 Å². The minimum atomic E-state index is -3.17. The van der Waals surface area contributed by atoms with Gasteiger partial charge in [-0.05, 0) is 25.0 Å². The zero-order valence-corrected chi connectivity index (χ0v) is 8.71. The molecule has 1 N–H and O–H groups in total. The fourth-order valence-corrected chi connectivity index (χ4v) is 1.71. The minimum Gasteiger partial charge on any atom is -0.381 e. The van der Waals surface area contributed by atoms with Crippen LogP contribution in [0.2, 0.25) is 0 Å². The van der Waals surface area contributed by atoms with Crippen LogP contribution in [0.1, 0.15) is 12.8 Å². The van der Waals surface area contributed by atoms with Gasteiger partial charge in [0.05, 0.1) is 11.9 Å². The summed E-state index contributed by atoms with van der Waals surface area (Å²) in [5.74, 6) is 0. The lowest BCUT2D eigenvalue weighted by Gasteiger charge is -2.03. The summed E-state index contributed by atoms with van der Waals surface area (Å²) in [6.07, 6.45) is 5.10. The van der Waals surface area contributed by atoms with Crippen molar-refractivity contribution in [2.45, 2.75) is 23.9 Å². The van der Waals surface area contributed by atoms with E-state index in [-0.39, 0.29) is 5.03 Å². The Balaban J connectivity index is 2.16. The third kappa shape index (κ3) is 2.23. The monoisotopic (exact) mass is 212 g/mol. The number of rotatable bonds is 3. The molecule has 1 saturated carbocycles. The zero-order chi connectivity index (χ0) is 10.2. The topological polar surface area (TPSA) is 59.1 Å². The van der Waals surface area contributed by atoms with Gasteiger partial charge in [0.25, 0.3) is 0 Å². The number of nitrogens with zero attached hydrogens (tertiary/aromatic N) is 1. The maximum atomic E-state index is 11.1. The first kappa shape index (κ1) is 9.45. The summed E-state index contributed by atoms with van der Waals surface area (Å²) < 4.78 is 22.2. The van der Waals surface area contributed by atoms with Crippen molar-refractivity contribution < 1.29 is 8.42 Å². The van der Waals surface area contributed by atoms with Gasteiger partial charge in [0, 0.05) is 12.3 Å². The molecule has 14 heavy (non-hydrogen) atoms. The number of hydrogen-bond acceptors (Lipinski definition) is 4. The molecule has 1 aromatic rings. The van der Waals surface area contributed by atoms with Crippen LogP contribution < -0.4 is 5.32 Å². The maximum absolute atomic E-state index is 11.1. The molecule has 0 unspecified atom stereocenters. The van der Waals surface area contributed by atoms with Gasteiger partial charge in [-0.25, -0.2) is 13.4 Å². The second-order valence-corrected chi connectivity index (χ2v) is 5.54. The molecule has 1 heterocycles. The number of pyridine rings is 1. The standard InChI is InChI=1S/C9H12N2O2S/c1-14(12,13)9-5-4-8(6-10-9)11-7-2-3-7/h4-7,11H,2-3H2,1H3. The Labute approximate surface area is 83.3 Å². The molecular weight excluding hydrogens is 200 g/mol. The van der Waals surface area contributed by atoms with Crippen molar-refractivity contribution in [1.82, 2.24) is 4.98 Å². The highest BCUT2D eigenvalue weighted by atomic mass is 32.2. The summed E-state index contributed by atoms with van der Waals surface area (Å²) >= 11 is 0. The second-order valence-electron chi connectivity index (χ2n) is 3.58. The van der Waals surface area contributed by atoms with Crippen molar-refractivity contribution in [2.75, 3.05) is 11.6 Å². The van der Waals surface area contributed by atoms with Gasteiger partial charge in [-0.1, -0.05) is 0 Å². The highest BCUT2D eigenvalue weighted by Gasteiger charge is 2.20. The molecule has 4 nitrogen and oxygen atoms in total. The Morgan fingerprint density at radius 2 is 2.14 bits per heavy atom. The number of sulfone groups is 1. The van der Waals surface area contributed by atoms with E-state index < -0.39 is 9.84 Å². The molecule has 0 atom stereocenters. The number of anilines is 1. The van der Waals surface area contributed by atoms with Gasteiger partial charge in [0.15, 0.2) is 14.9 Å².